The van der Waals surface area contributed by atoms with Crippen molar-refractivity contribution in [2.24, 2.45) is 11.3 Å². The standard InChI is InChI=1S/C12H22O2S/c1-9-5-6-10(13)7-11(9)15(14)8-12(2,3)4/h9,11H,5-8H2,1-4H3. The molecule has 1 rings (SSSR count). The van der Waals surface area contributed by atoms with E-state index < -0.39 is 10.8 Å². The minimum absolute atomic E-state index is 0.0884. The summed E-state index contributed by atoms with van der Waals surface area (Å²) in [5.41, 5.74) is 0.0884. The Morgan fingerprint density at radius 3 is 2.53 bits per heavy atom. The van der Waals surface area contributed by atoms with Crippen LogP contribution >= 0.6 is 0 Å². The average molecular weight is 230 g/mol. The van der Waals surface area contributed by atoms with E-state index in [1.807, 2.05) is 0 Å². The van der Waals surface area contributed by atoms with Crippen molar-refractivity contribution in [3.8, 4) is 0 Å². The van der Waals surface area contributed by atoms with Crippen molar-refractivity contribution in [2.45, 2.75) is 52.2 Å². The zero-order valence-electron chi connectivity index (χ0n) is 10.2. The molecule has 0 saturated heterocycles. The smallest absolute Gasteiger partial charge is 0.134 e. The molecule has 3 atom stereocenters. The molecule has 2 nitrogen and oxygen atoms in total. The molecule has 3 unspecified atom stereocenters. The highest BCUT2D eigenvalue weighted by molar-refractivity contribution is 7.85. The summed E-state index contributed by atoms with van der Waals surface area (Å²) in [6.45, 7) is 8.41. The third-order valence-electron chi connectivity index (χ3n) is 2.85. The summed E-state index contributed by atoms with van der Waals surface area (Å²) in [6, 6.07) is 0. The van der Waals surface area contributed by atoms with Crippen molar-refractivity contribution in [3.05, 3.63) is 0 Å². The monoisotopic (exact) mass is 230 g/mol. The van der Waals surface area contributed by atoms with Crippen LogP contribution in [0.4, 0.5) is 0 Å². The number of carbonyl (C=O) groups is 1. The van der Waals surface area contributed by atoms with E-state index in [1.54, 1.807) is 0 Å². The second kappa shape index (κ2) is 4.77. The van der Waals surface area contributed by atoms with E-state index in [1.165, 1.54) is 0 Å². The fourth-order valence-corrected chi connectivity index (χ4v) is 4.08. The second-order valence-corrected chi connectivity index (χ2v) is 7.54. The molecule has 0 heterocycles. The highest BCUT2D eigenvalue weighted by Gasteiger charge is 2.32. The maximum atomic E-state index is 12.1. The first-order valence-electron chi connectivity index (χ1n) is 5.68. The van der Waals surface area contributed by atoms with Gasteiger partial charge in [-0.2, -0.15) is 0 Å². The van der Waals surface area contributed by atoms with Crippen molar-refractivity contribution in [1.29, 1.82) is 0 Å². The van der Waals surface area contributed by atoms with Crippen molar-refractivity contribution < 1.29 is 9.00 Å². The Morgan fingerprint density at radius 1 is 1.40 bits per heavy atom. The van der Waals surface area contributed by atoms with Crippen LogP contribution in [0.15, 0.2) is 0 Å². The lowest BCUT2D eigenvalue weighted by Crippen LogP contribution is -2.35. The maximum Gasteiger partial charge on any atom is 0.134 e. The van der Waals surface area contributed by atoms with E-state index in [0.717, 1.165) is 6.42 Å². The molecule has 1 fully saturated rings. The van der Waals surface area contributed by atoms with Gasteiger partial charge in [-0.3, -0.25) is 9.00 Å². The normalized spacial score (nSPS) is 30.3. The SMILES string of the molecule is CC1CCC(=O)CC1S(=O)CC(C)(C)C. The fraction of sp³-hybridized carbons (Fsp3) is 0.917. The molecule has 3 heteroatoms. The number of Topliss-reactive ketones (excluding diaryl/α,β-unsaturated/α-hetero) is 1. The lowest BCUT2D eigenvalue weighted by Gasteiger charge is -2.29. The first kappa shape index (κ1) is 12.9. The Labute approximate surface area is 95.3 Å². The van der Waals surface area contributed by atoms with Gasteiger partial charge < -0.3 is 0 Å². The van der Waals surface area contributed by atoms with Crippen LogP contribution in [-0.2, 0) is 15.6 Å². The molecule has 0 aromatic heterocycles. The molecule has 0 amide bonds. The number of hydrogen-bond acceptors (Lipinski definition) is 2. The van der Waals surface area contributed by atoms with Gasteiger partial charge in [-0.05, 0) is 17.8 Å². The number of carbonyl (C=O) groups excluding carboxylic acids is 1. The van der Waals surface area contributed by atoms with Crippen LogP contribution in [0.1, 0.15) is 47.0 Å². The van der Waals surface area contributed by atoms with Gasteiger partial charge >= 0.3 is 0 Å². The molecule has 0 aromatic carbocycles. The molecule has 1 aliphatic rings. The van der Waals surface area contributed by atoms with E-state index >= 15 is 0 Å². The predicted octanol–water partition coefficient (Wildman–Crippen LogP) is 2.54. The zero-order chi connectivity index (χ0) is 11.6. The van der Waals surface area contributed by atoms with Crippen molar-refractivity contribution in [1.82, 2.24) is 0 Å². The van der Waals surface area contributed by atoms with Crippen molar-refractivity contribution >= 4 is 16.6 Å². The van der Waals surface area contributed by atoms with Gasteiger partial charge in [0, 0.05) is 34.6 Å². The Balaban J connectivity index is 2.61. The topological polar surface area (TPSA) is 34.1 Å². The summed E-state index contributed by atoms with van der Waals surface area (Å²) in [5.74, 6) is 1.43. The molecule has 15 heavy (non-hydrogen) atoms. The predicted molar refractivity (Wildman–Crippen MR) is 64.3 cm³/mol. The van der Waals surface area contributed by atoms with Crippen LogP contribution < -0.4 is 0 Å². The van der Waals surface area contributed by atoms with Crippen LogP contribution in [0, 0.1) is 11.3 Å². The van der Waals surface area contributed by atoms with E-state index in [2.05, 4.69) is 27.7 Å². The van der Waals surface area contributed by atoms with Crippen molar-refractivity contribution in [2.75, 3.05) is 5.75 Å². The zero-order valence-corrected chi connectivity index (χ0v) is 11.0. The van der Waals surface area contributed by atoms with Gasteiger partial charge in [-0.15, -0.1) is 0 Å². The van der Waals surface area contributed by atoms with E-state index in [0.29, 0.717) is 30.3 Å². The largest absolute Gasteiger partial charge is 0.300 e. The van der Waals surface area contributed by atoms with Crippen LogP contribution in [-0.4, -0.2) is 21.0 Å². The van der Waals surface area contributed by atoms with E-state index in [9.17, 15) is 9.00 Å². The molecular weight excluding hydrogens is 208 g/mol. The van der Waals surface area contributed by atoms with E-state index in [-0.39, 0.29) is 10.7 Å². The molecule has 0 aliphatic heterocycles. The molecular formula is C12H22O2S. The van der Waals surface area contributed by atoms with E-state index in [4.69, 9.17) is 0 Å². The quantitative estimate of drug-likeness (QED) is 0.730. The lowest BCUT2D eigenvalue weighted by atomic mass is 9.89. The van der Waals surface area contributed by atoms with Gasteiger partial charge in [0.25, 0.3) is 0 Å². The lowest BCUT2D eigenvalue weighted by molar-refractivity contribution is -0.120. The molecule has 0 radical (unpaired) electrons. The summed E-state index contributed by atoms with van der Waals surface area (Å²) in [5, 5.41) is 0.102. The molecule has 1 saturated carbocycles. The average Bonchev–Trinajstić information content (AvgIpc) is 2.06. The minimum Gasteiger partial charge on any atom is -0.300 e. The molecule has 0 spiro atoms. The second-order valence-electron chi connectivity index (χ2n) is 5.88. The Kier molecular flexibility index (Phi) is 4.10. The fourth-order valence-electron chi connectivity index (χ4n) is 1.99. The molecule has 1 aliphatic carbocycles. The van der Waals surface area contributed by atoms with Gasteiger partial charge in [0.2, 0.25) is 0 Å². The van der Waals surface area contributed by atoms with Gasteiger partial charge in [0.05, 0.1) is 0 Å². The van der Waals surface area contributed by atoms with Gasteiger partial charge in [0.1, 0.15) is 5.78 Å². The number of rotatable bonds is 2. The summed E-state index contributed by atoms with van der Waals surface area (Å²) >= 11 is 0. The summed E-state index contributed by atoms with van der Waals surface area (Å²) in [7, 11) is -0.848. The first-order valence-corrected chi connectivity index (χ1v) is 7.07. The highest BCUT2D eigenvalue weighted by atomic mass is 32.2. The highest BCUT2D eigenvalue weighted by Crippen LogP contribution is 2.28. The number of hydrogen-bond donors (Lipinski definition) is 0. The van der Waals surface area contributed by atoms with Gasteiger partial charge in [0.15, 0.2) is 0 Å². The first-order chi connectivity index (χ1) is 6.79. The van der Waals surface area contributed by atoms with Crippen LogP contribution in [0.2, 0.25) is 0 Å². The molecule has 0 aromatic rings. The van der Waals surface area contributed by atoms with Crippen LogP contribution in [0.25, 0.3) is 0 Å². The maximum absolute atomic E-state index is 12.1. The van der Waals surface area contributed by atoms with Crippen LogP contribution in [0.5, 0.6) is 0 Å². The Bertz CT molecular complexity index is 265. The molecule has 0 N–H and O–H groups in total. The van der Waals surface area contributed by atoms with Crippen molar-refractivity contribution in [3.63, 3.8) is 0 Å². The molecule has 88 valence electrons. The summed E-state index contributed by atoms with van der Waals surface area (Å²) < 4.78 is 12.1. The third kappa shape index (κ3) is 4.06. The minimum atomic E-state index is -0.848. The third-order valence-corrected chi connectivity index (χ3v) is 5.31. The van der Waals surface area contributed by atoms with Gasteiger partial charge in [-0.1, -0.05) is 27.7 Å². The number of ketones is 1. The summed E-state index contributed by atoms with van der Waals surface area (Å²) in [6.07, 6.45) is 2.13. The Hall–Kier alpha value is -0.180. The molecule has 0 bridgehead atoms. The van der Waals surface area contributed by atoms with Crippen LogP contribution in [0.3, 0.4) is 0 Å². The Morgan fingerprint density at radius 2 is 2.00 bits per heavy atom. The van der Waals surface area contributed by atoms with Gasteiger partial charge in [-0.25, -0.2) is 0 Å². The summed E-state index contributed by atoms with van der Waals surface area (Å²) in [4.78, 5) is 11.4.